The summed E-state index contributed by atoms with van der Waals surface area (Å²) in [6, 6.07) is 12.0. The minimum absolute atomic E-state index is 0.0926. The third-order valence-electron chi connectivity index (χ3n) is 3.11. The van der Waals surface area contributed by atoms with Crippen molar-refractivity contribution in [3.63, 3.8) is 0 Å². The number of benzene rings is 1. The number of amides is 1. The maximum Gasteiger partial charge on any atom is 0.236 e. The zero-order chi connectivity index (χ0) is 12.8. The van der Waals surface area contributed by atoms with Crippen LogP contribution in [0.2, 0.25) is 0 Å². The number of hydrogen-bond donors (Lipinski definition) is 1. The maximum atomic E-state index is 11.5. The molecule has 1 aromatic rings. The van der Waals surface area contributed by atoms with Crippen LogP contribution < -0.4 is 5.43 Å². The summed E-state index contributed by atoms with van der Waals surface area (Å²) in [5.74, 6) is 0.0926. The molecule has 18 heavy (non-hydrogen) atoms. The lowest BCUT2D eigenvalue weighted by atomic mass is 10.1. The molecule has 1 amide bonds. The molecule has 1 N–H and O–H groups in total. The molecule has 0 aliphatic carbocycles. The van der Waals surface area contributed by atoms with Crippen LogP contribution >= 0.6 is 0 Å². The van der Waals surface area contributed by atoms with Crippen molar-refractivity contribution < 1.29 is 4.79 Å². The number of nitrogens with one attached hydrogen (secondary N) is 1. The van der Waals surface area contributed by atoms with Crippen LogP contribution in [0.4, 0.5) is 0 Å². The van der Waals surface area contributed by atoms with E-state index in [1.54, 1.807) is 5.01 Å². The molecule has 1 atom stereocenters. The highest BCUT2D eigenvalue weighted by atomic mass is 16.2. The van der Waals surface area contributed by atoms with Gasteiger partial charge >= 0.3 is 0 Å². The lowest BCUT2D eigenvalue weighted by Crippen LogP contribution is -2.45. The Bertz CT molecular complexity index is 438. The van der Waals surface area contributed by atoms with E-state index in [-0.39, 0.29) is 11.9 Å². The van der Waals surface area contributed by atoms with Gasteiger partial charge in [-0.25, -0.2) is 5.43 Å². The van der Waals surface area contributed by atoms with Gasteiger partial charge in [0, 0.05) is 13.0 Å². The van der Waals surface area contributed by atoms with Crippen molar-refractivity contribution in [3.05, 3.63) is 35.9 Å². The number of carbonyl (C=O) groups excluding carboxylic acids is 1. The highest BCUT2D eigenvalue weighted by Gasteiger charge is 2.22. The second kappa shape index (κ2) is 6.18. The SMILES string of the molecule is N#CC(CCc1ccccc1)NN1CCCC1=O. The van der Waals surface area contributed by atoms with Gasteiger partial charge in [0.05, 0.1) is 6.07 Å². The third-order valence-corrected chi connectivity index (χ3v) is 3.11. The predicted octanol–water partition coefficient (Wildman–Crippen LogP) is 1.64. The van der Waals surface area contributed by atoms with Gasteiger partial charge in [0.25, 0.3) is 0 Å². The summed E-state index contributed by atoms with van der Waals surface area (Å²) in [4.78, 5) is 11.5. The van der Waals surface area contributed by atoms with Crippen LogP contribution in [-0.4, -0.2) is 23.5 Å². The van der Waals surface area contributed by atoms with Crippen LogP contribution in [0.25, 0.3) is 0 Å². The largest absolute Gasteiger partial charge is 0.277 e. The van der Waals surface area contributed by atoms with Gasteiger partial charge in [-0.3, -0.25) is 9.80 Å². The van der Waals surface area contributed by atoms with Crippen molar-refractivity contribution in [2.24, 2.45) is 0 Å². The molecule has 4 heteroatoms. The molecule has 0 saturated carbocycles. The molecular weight excluding hydrogens is 226 g/mol. The van der Waals surface area contributed by atoms with Gasteiger partial charge in [-0.05, 0) is 24.8 Å². The molecule has 0 radical (unpaired) electrons. The Morgan fingerprint density at radius 2 is 2.17 bits per heavy atom. The molecule has 94 valence electrons. The molecule has 0 spiro atoms. The number of nitriles is 1. The molecule has 0 aromatic heterocycles. The molecule has 1 aliphatic rings. The fourth-order valence-corrected chi connectivity index (χ4v) is 2.09. The lowest BCUT2D eigenvalue weighted by Gasteiger charge is -2.20. The predicted molar refractivity (Wildman–Crippen MR) is 68.2 cm³/mol. The second-order valence-corrected chi connectivity index (χ2v) is 4.48. The van der Waals surface area contributed by atoms with Gasteiger partial charge in [0.2, 0.25) is 5.91 Å². The number of hydrogen-bond acceptors (Lipinski definition) is 3. The number of rotatable bonds is 5. The van der Waals surface area contributed by atoms with E-state index in [9.17, 15) is 4.79 Å². The average molecular weight is 243 g/mol. The van der Waals surface area contributed by atoms with Crippen LogP contribution in [0, 0.1) is 11.3 Å². The first-order valence-corrected chi connectivity index (χ1v) is 6.29. The van der Waals surface area contributed by atoms with E-state index in [2.05, 4.69) is 23.6 Å². The fraction of sp³-hybridized carbons (Fsp3) is 0.429. The van der Waals surface area contributed by atoms with E-state index < -0.39 is 0 Å². The van der Waals surface area contributed by atoms with Gasteiger partial charge < -0.3 is 0 Å². The molecule has 2 rings (SSSR count). The summed E-state index contributed by atoms with van der Waals surface area (Å²) in [6.07, 6.45) is 3.02. The molecule has 1 aromatic carbocycles. The minimum atomic E-state index is -0.299. The first-order chi connectivity index (χ1) is 8.79. The molecule has 1 heterocycles. The van der Waals surface area contributed by atoms with Crippen molar-refractivity contribution in [3.8, 4) is 6.07 Å². The molecule has 4 nitrogen and oxygen atoms in total. The van der Waals surface area contributed by atoms with E-state index in [1.807, 2.05) is 18.2 Å². The number of aryl methyl sites for hydroxylation is 1. The quantitative estimate of drug-likeness (QED) is 0.855. The van der Waals surface area contributed by atoms with Crippen LogP contribution in [0.1, 0.15) is 24.8 Å². The number of nitrogens with zero attached hydrogens (tertiary/aromatic N) is 2. The zero-order valence-electron chi connectivity index (χ0n) is 10.3. The highest BCUT2D eigenvalue weighted by molar-refractivity contribution is 5.77. The van der Waals surface area contributed by atoms with Crippen molar-refractivity contribution in [2.75, 3.05) is 6.54 Å². The van der Waals surface area contributed by atoms with E-state index >= 15 is 0 Å². The summed E-state index contributed by atoms with van der Waals surface area (Å²) >= 11 is 0. The van der Waals surface area contributed by atoms with Gasteiger partial charge in [-0.2, -0.15) is 5.26 Å². The maximum absolute atomic E-state index is 11.5. The Morgan fingerprint density at radius 1 is 1.39 bits per heavy atom. The lowest BCUT2D eigenvalue weighted by molar-refractivity contribution is -0.130. The number of carbonyl (C=O) groups is 1. The normalized spacial score (nSPS) is 16.6. The standard InChI is InChI=1S/C14H17N3O/c15-11-13(16-17-10-4-7-14(17)18)9-8-12-5-2-1-3-6-12/h1-3,5-6,13,16H,4,7-10H2. The first kappa shape index (κ1) is 12.6. The monoisotopic (exact) mass is 243 g/mol. The number of hydrazine groups is 1. The molecular formula is C14H17N3O. The van der Waals surface area contributed by atoms with Crippen LogP contribution in [0.15, 0.2) is 30.3 Å². The highest BCUT2D eigenvalue weighted by Crippen LogP contribution is 2.09. The van der Waals surface area contributed by atoms with Crippen LogP contribution in [0.3, 0.4) is 0 Å². The Balaban J connectivity index is 1.83. The Kier molecular flexibility index (Phi) is 4.32. The minimum Gasteiger partial charge on any atom is -0.277 e. The summed E-state index contributed by atoms with van der Waals surface area (Å²) < 4.78 is 0. The Labute approximate surface area is 107 Å². The van der Waals surface area contributed by atoms with Crippen molar-refractivity contribution in [2.45, 2.75) is 31.7 Å². The van der Waals surface area contributed by atoms with E-state index in [1.165, 1.54) is 5.56 Å². The summed E-state index contributed by atoms with van der Waals surface area (Å²) in [5, 5.41) is 10.7. The van der Waals surface area contributed by atoms with Gasteiger partial charge in [-0.1, -0.05) is 30.3 Å². The first-order valence-electron chi connectivity index (χ1n) is 6.29. The molecule has 1 aliphatic heterocycles. The van der Waals surface area contributed by atoms with Gasteiger partial charge in [0.15, 0.2) is 0 Å². The Morgan fingerprint density at radius 3 is 2.78 bits per heavy atom. The Hall–Kier alpha value is -1.86. The van der Waals surface area contributed by atoms with Crippen molar-refractivity contribution in [1.29, 1.82) is 5.26 Å². The smallest absolute Gasteiger partial charge is 0.236 e. The van der Waals surface area contributed by atoms with E-state index in [0.717, 1.165) is 12.8 Å². The van der Waals surface area contributed by atoms with Crippen molar-refractivity contribution in [1.82, 2.24) is 10.4 Å². The van der Waals surface area contributed by atoms with Crippen LogP contribution in [0.5, 0.6) is 0 Å². The molecule has 1 unspecified atom stereocenters. The molecule has 0 bridgehead atoms. The fourth-order valence-electron chi connectivity index (χ4n) is 2.09. The summed E-state index contributed by atoms with van der Waals surface area (Å²) in [7, 11) is 0. The van der Waals surface area contributed by atoms with E-state index in [4.69, 9.17) is 5.26 Å². The van der Waals surface area contributed by atoms with Crippen molar-refractivity contribution >= 4 is 5.91 Å². The average Bonchev–Trinajstić information content (AvgIpc) is 2.81. The summed E-state index contributed by atoms with van der Waals surface area (Å²) in [5.41, 5.74) is 4.22. The second-order valence-electron chi connectivity index (χ2n) is 4.48. The van der Waals surface area contributed by atoms with Gasteiger partial charge in [-0.15, -0.1) is 0 Å². The zero-order valence-corrected chi connectivity index (χ0v) is 10.3. The topological polar surface area (TPSA) is 56.1 Å². The molecule has 1 saturated heterocycles. The van der Waals surface area contributed by atoms with Gasteiger partial charge in [0.1, 0.15) is 6.04 Å². The third kappa shape index (κ3) is 3.31. The molecule has 1 fully saturated rings. The van der Waals surface area contributed by atoms with E-state index in [0.29, 0.717) is 19.4 Å². The summed E-state index contributed by atoms with van der Waals surface area (Å²) in [6.45, 7) is 0.711. The van der Waals surface area contributed by atoms with Crippen LogP contribution in [-0.2, 0) is 11.2 Å².